The van der Waals surface area contributed by atoms with E-state index in [1.54, 1.807) is 11.8 Å². The first-order valence-corrected chi connectivity index (χ1v) is 10.3. The first kappa shape index (κ1) is 17.6. The Kier molecular flexibility index (Phi) is 4.14. The van der Waals surface area contributed by atoms with Gasteiger partial charge in [-0.1, -0.05) is 45.5 Å². The van der Waals surface area contributed by atoms with Crippen molar-refractivity contribution in [3.63, 3.8) is 0 Å². The molecule has 2 aromatic heterocycles. The number of aromatic amines is 1. The van der Waals surface area contributed by atoms with Gasteiger partial charge in [-0.05, 0) is 65.5 Å². The molecule has 0 amide bonds. The van der Waals surface area contributed by atoms with Gasteiger partial charge < -0.3 is 4.98 Å². The molecule has 4 rings (SSSR count). The van der Waals surface area contributed by atoms with Gasteiger partial charge in [0.1, 0.15) is 0 Å². The third kappa shape index (κ3) is 3.16. The molecule has 1 aliphatic rings. The number of rotatable bonds is 3. The molecule has 0 saturated carbocycles. The fourth-order valence-electron chi connectivity index (χ4n) is 3.84. The topological polar surface area (TPSA) is 41.6 Å². The number of aryl methyl sites for hydroxylation is 1. The predicted molar refractivity (Wildman–Crippen MR) is 110 cm³/mol. The summed E-state index contributed by atoms with van der Waals surface area (Å²) in [6.45, 7) is 11.5. The van der Waals surface area contributed by atoms with Crippen LogP contribution < -0.4 is 0 Å². The van der Waals surface area contributed by atoms with Gasteiger partial charge in [0.05, 0.1) is 16.7 Å². The van der Waals surface area contributed by atoms with E-state index in [-0.39, 0.29) is 10.8 Å². The van der Waals surface area contributed by atoms with Crippen molar-refractivity contribution in [2.45, 2.75) is 69.2 Å². The van der Waals surface area contributed by atoms with E-state index in [4.69, 9.17) is 4.98 Å². The van der Waals surface area contributed by atoms with Crippen LogP contribution in [0.1, 0.15) is 62.9 Å². The Bertz CT molecular complexity index is 898. The van der Waals surface area contributed by atoms with E-state index >= 15 is 0 Å². The van der Waals surface area contributed by atoms with Crippen molar-refractivity contribution in [3.8, 4) is 0 Å². The summed E-state index contributed by atoms with van der Waals surface area (Å²) in [4.78, 5) is 12.8. The first-order valence-electron chi connectivity index (χ1n) is 9.34. The lowest BCUT2D eigenvalue weighted by Gasteiger charge is -2.41. The van der Waals surface area contributed by atoms with Crippen LogP contribution in [-0.4, -0.2) is 15.0 Å². The van der Waals surface area contributed by atoms with E-state index in [9.17, 15) is 0 Å². The zero-order valence-corrected chi connectivity index (χ0v) is 17.1. The lowest BCUT2D eigenvalue weighted by molar-refractivity contribution is 0.332. The first-order chi connectivity index (χ1) is 12.2. The standard InChI is InChI=1S/C22H27N3S/c1-14-6-7-15(23-12-14)13-26-20-24-18-10-16-17(11-19(18)25-20)22(4,5)9-8-21(16,2)3/h6-7,10-12H,8-9,13H2,1-5H3,(H,24,25). The molecule has 3 aromatic rings. The van der Waals surface area contributed by atoms with Crippen molar-refractivity contribution in [1.82, 2.24) is 15.0 Å². The van der Waals surface area contributed by atoms with Crippen molar-refractivity contribution in [1.29, 1.82) is 0 Å². The van der Waals surface area contributed by atoms with Crippen LogP contribution in [0.3, 0.4) is 0 Å². The Morgan fingerprint density at radius 1 is 1.04 bits per heavy atom. The number of thioether (sulfide) groups is 1. The fraction of sp³-hybridized carbons (Fsp3) is 0.455. The molecule has 1 N–H and O–H groups in total. The van der Waals surface area contributed by atoms with Crippen LogP contribution >= 0.6 is 11.8 Å². The summed E-state index contributed by atoms with van der Waals surface area (Å²) in [5.74, 6) is 0.830. The van der Waals surface area contributed by atoms with E-state index in [0.29, 0.717) is 0 Å². The van der Waals surface area contributed by atoms with Crippen molar-refractivity contribution >= 4 is 22.8 Å². The maximum absolute atomic E-state index is 4.85. The number of fused-ring (bicyclic) bond motifs is 2. The molecule has 1 aliphatic carbocycles. The van der Waals surface area contributed by atoms with Crippen LogP contribution in [0.2, 0.25) is 0 Å². The number of imidazole rings is 1. The zero-order chi connectivity index (χ0) is 18.5. The third-order valence-corrected chi connectivity index (χ3v) is 6.67. The van der Waals surface area contributed by atoms with Crippen molar-refractivity contribution in [2.24, 2.45) is 0 Å². The Morgan fingerprint density at radius 2 is 1.73 bits per heavy atom. The normalized spacial score (nSPS) is 18.0. The van der Waals surface area contributed by atoms with E-state index in [1.807, 2.05) is 6.20 Å². The predicted octanol–water partition coefficient (Wildman–Crippen LogP) is 5.91. The summed E-state index contributed by atoms with van der Waals surface area (Å²) in [7, 11) is 0. The highest BCUT2D eigenvalue weighted by atomic mass is 32.2. The third-order valence-electron chi connectivity index (χ3n) is 5.76. The molecule has 3 nitrogen and oxygen atoms in total. The second kappa shape index (κ2) is 6.12. The molecule has 26 heavy (non-hydrogen) atoms. The Labute approximate surface area is 160 Å². The molecule has 0 spiro atoms. The van der Waals surface area contributed by atoms with Gasteiger partial charge in [-0.2, -0.15) is 0 Å². The van der Waals surface area contributed by atoms with E-state index in [2.05, 4.69) is 68.9 Å². The van der Waals surface area contributed by atoms with Gasteiger partial charge in [-0.25, -0.2) is 4.98 Å². The monoisotopic (exact) mass is 365 g/mol. The van der Waals surface area contributed by atoms with Gasteiger partial charge in [0.2, 0.25) is 0 Å². The molecule has 0 fully saturated rings. The van der Waals surface area contributed by atoms with Crippen LogP contribution in [0.15, 0.2) is 35.6 Å². The van der Waals surface area contributed by atoms with E-state index in [1.165, 1.54) is 29.5 Å². The Hall–Kier alpha value is -1.81. The van der Waals surface area contributed by atoms with Gasteiger partial charge in [0.25, 0.3) is 0 Å². The SMILES string of the molecule is Cc1ccc(CSc2nc3cc4c(cc3[nH]2)C(C)(C)CCC4(C)C)nc1. The molecular weight excluding hydrogens is 338 g/mol. The summed E-state index contributed by atoms with van der Waals surface area (Å²) in [5.41, 5.74) is 7.88. The number of hydrogen-bond donors (Lipinski definition) is 1. The van der Waals surface area contributed by atoms with Crippen LogP contribution in [0.25, 0.3) is 11.0 Å². The largest absolute Gasteiger partial charge is 0.333 e. The molecule has 2 heterocycles. The van der Waals surface area contributed by atoms with Crippen LogP contribution in [0.4, 0.5) is 0 Å². The minimum Gasteiger partial charge on any atom is -0.333 e. The summed E-state index contributed by atoms with van der Waals surface area (Å²) < 4.78 is 0. The maximum Gasteiger partial charge on any atom is 0.166 e. The van der Waals surface area contributed by atoms with E-state index in [0.717, 1.165) is 27.6 Å². The summed E-state index contributed by atoms with van der Waals surface area (Å²) in [6, 6.07) is 8.86. The molecule has 0 atom stereocenters. The number of benzene rings is 1. The number of aromatic nitrogens is 3. The average molecular weight is 366 g/mol. The minimum absolute atomic E-state index is 0.219. The van der Waals surface area contributed by atoms with Crippen LogP contribution in [-0.2, 0) is 16.6 Å². The highest BCUT2D eigenvalue weighted by molar-refractivity contribution is 7.98. The second-order valence-corrected chi connectivity index (χ2v) is 9.80. The summed E-state index contributed by atoms with van der Waals surface area (Å²) in [6.07, 6.45) is 4.38. The molecule has 0 unspecified atom stereocenters. The average Bonchev–Trinajstić information content (AvgIpc) is 3.00. The Morgan fingerprint density at radius 3 is 2.38 bits per heavy atom. The number of hydrogen-bond acceptors (Lipinski definition) is 3. The summed E-state index contributed by atoms with van der Waals surface area (Å²) >= 11 is 1.72. The van der Waals surface area contributed by atoms with Crippen molar-refractivity contribution < 1.29 is 0 Å². The molecule has 4 heteroatoms. The lowest BCUT2D eigenvalue weighted by Crippen LogP contribution is -2.33. The molecular formula is C22H27N3S. The number of nitrogens with zero attached hydrogens (tertiary/aromatic N) is 2. The van der Waals surface area contributed by atoms with Gasteiger partial charge in [-0.3, -0.25) is 4.98 Å². The lowest BCUT2D eigenvalue weighted by atomic mass is 9.63. The number of H-pyrrole nitrogens is 1. The second-order valence-electron chi connectivity index (χ2n) is 8.84. The van der Waals surface area contributed by atoms with Crippen LogP contribution in [0.5, 0.6) is 0 Å². The molecule has 0 saturated heterocycles. The number of nitrogens with one attached hydrogen (secondary N) is 1. The fourth-order valence-corrected chi connectivity index (χ4v) is 4.64. The Balaban J connectivity index is 1.66. The minimum atomic E-state index is 0.219. The van der Waals surface area contributed by atoms with Gasteiger partial charge in [-0.15, -0.1) is 0 Å². The molecule has 0 bridgehead atoms. The highest BCUT2D eigenvalue weighted by Gasteiger charge is 2.37. The molecule has 1 aromatic carbocycles. The molecule has 0 aliphatic heterocycles. The maximum atomic E-state index is 4.85. The molecule has 0 radical (unpaired) electrons. The summed E-state index contributed by atoms with van der Waals surface area (Å²) in [5, 5.41) is 0.973. The van der Waals surface area contributed by atoms with E-state index < -0.39 is 0 Å². The number of pyridine rings is 1. The zero-order valence-electron chi connectivity index (χ0n) is 16.3. The van der Waals surface area contributed by atoms with Gasteiger partial charge >= 0.3 is 0 Å². The van der Waals surface area contributed by atoms with Crippen molar-refractivity contribution in [3.05, 3.63) is 52.8 Å². The van der Waals surface area contributed by atoms with Crippen molar-refractivity contribution in [2.75, 3.05) is 0 Å². The van der Waals surface area contributed by atoms with Gasteiger partial charge in [0, 0.05) is 11.9 Å². The molecule has 136 valence electrons. The highest BCUT2D eigenvalue weighted by Crippen LogP contribution is 2.46. The van der Waals surface area contributed by atoms with Gasteiger partial charge in [0.15, 0.2) is 5.16 Å². The van der Waals surface area contributed by atoms with Crippen LogP contribution in [0, 0.1) is 6.92 Å². The quantitative estimate of drug-likeness (QED) is 0.587. The smallest absolute Gasteiger partial charge is 0.166 e.